The standard InChI is InChI=1S/C21H17ClN4O3S2/c1-13-4-2-3-5-14(13)11-24-20(27)16-7-6-15(22)10-18(16)26-31(28,29)21-17-12-25-30-19(17)8-9-23-21/h2-10,12,26H,11H2,1H3,(H,24,27). The summed E-state index contributed by atoms with van der Waals surface area (Å²) in [5.41, 5.74) is 2.23. The SMILES string of the molecule is Cc1ccccc1CNC(=O)c1ccc(Cl)cc1NS(=O)(=O)c1nccc2sncc12. The normalized spacial score (nSPS) is 11.4. The zero-order chi connectivity index (χ0) is 22.0. The van der Waals surface area contributed by atoms with E-state index in [0.29, 0.717) is 16.6 Å². The number of nitrogens with zero attached hydrogens (tertiary/aromatic N) is 2. The molecule has 0 aliphatic heterocycles. The van der Waals surface area contributed by atoms with E-state index >= 15 is 0 Å². The fourth-order valence-corrected chi connectivity index (χ4v) is 5.14. The summed E-state index contributed by atoms with van der Waals surface area (Å²) in [6.45, 7) is 2.26. The van der Waals surface area contributed by atoms with Crippen LogP contribution in [0.3, 0.4) is 0 Å². The number of hydrogen-bond donors (Lipinski definition) is 2. The molecule has 2 N–H and O–H groups in total. The molecular weight excluding hydrogens is 456 g/mol. The summed E-state index contributed by atoms with van der Waals surface area (Å²) >= 11 is 7.25. The van der Waals surface area contributed by atoms with Crippen molar-refractivity contribution in [2.75, 3.05) is 4.72 Å². The summed E-state index contributed by atoms with van der Waals surface area (Å²) in [4.78, 5) is 16.9. The monoisotopic (exact) mass is 472 g/mol. The summed E-state index contributed by atoms with van der Waals surface area (Å²) in [5, 5.41) is 3.36. The topological polar surface area (TPSA) is 101 Å². The number of hydrogen-bond acceptors (Lipinski definition) is 6. The van der Waals surface area contributed by atoms with E-state index < -0.39 is 15.9 Å². The molecule has 0 aliphatic carbocycles. The van der Waals surface area contributed by atoms with Crippen LogP contribution in [0.15, 0.2) is 66.0 Å². The first-order valence-corrected chi connectivity index (χ1v) is 11.8. The Balaban J connectivity index is 1.63. The Morgan fingerprint density at radius 1 is 1.16 bits per heavy atom. The number of carbonyl (C=O) groups is 1. The van der Waals surface area contributed by atoms with E-state index in [1.807, 2.05) is 31.2 Å². The number of carbonyl (C=O) groups excluding carboxylic acids is 1. The van der Waals surface area contributed by atoms with Crippen molar-refractivity contribution in [3.63, 3.8) is 0 Å². The number of rotatable bonds is 6. The summed E-state index contributed by atoms with van der Waals surface area (Å²) in [6.07, 6.45) is 2.86. The van der Waals surface area contributed by atoms with Crippen LogP contribution >= 0.6 is 23.1 Å². The van der Waals surface area contributed by atoms with Crippen molar-refractivity contribution >= 4 is 54.8 Å². The second kappa shape index (κ2) is 8.62. The zero-order valence-corrected chi connectivity index (χ0v) is 18.7. The molecule has 0 unspecified atom stereocenters. The van der Waals surface area contributed by atoms with Crippen molar-refractivity contribution in [3.05, 3.63) is 82.6 Å². The molecule has 0 fully saturated rings. The van der Waals surface area contributed by atoms with E-state index in [0.717, 1.165) is 11.1 Å². The first kappa shape index (κ1) is 21.2. The molecule has 0 bridgehead atoms. The number of pyridine rings is 1. The Labute approximate surface area is 188 Å². The highest BCUT2D eigenvalue weighted by molar-refractivity contribution is 7.92. The zero-order valence-electron chi connectivity index (χ0n) is 16.3. The lowest BCUT2D eigenvalue weighted by atomic mass is 10.1. The van der Waals surface area contributed by atoms with Gasteiger partial charge in [-0.1, -0.05) is 35.9 Å². The Kier molecular flexibility index (Phi) is 5.90. The van der Waals surface area contributed by atoms with Crippen LogP contribution in [-0.2, 0) is 16.6 Å². The Morgan fingerprint density at radius 2 is 1.97 bits per heavy atom. The molecule has 10 heteroatoms. The smallest absolute Gasteiger partial charge is 0.280 e. The number of amides is 1. The molecule has 4 aromatic rings. The maximum Gasteiger partial charge on any atom is 0.280 e. The van der Waals surface area contributed by atoms with E-state index in [4.69, 9.17) is 11.6 Å². The highest BCUT2D eigenvalue weighted by Crippen LogP contribution is 2.28. The molecule has 7 nitrogen and oxygen atoms in total. The molecule has 2 heterocycles. The van der Waals surface area contributed by atoms with E-state index in [9.17, 15) is 13.2 Å². The third kappa shape index (κ3) is 4.53. The summed E-state index contributed by atoms with van der Waals surface area (Å²) in [7, 11) is -4.09. The van der Waals surface area contributed by atoms with Gasteiger partial charge in [-0.25, -0.2) is 4.98 Å². The minimum Gasteiger partial charge on any atom is -0.348 e. The predicted octanol–water partition coefficient (Wildman–Crippen LogP) is 4.38. The molecule has 0 saturated heterocycles. The maximum atomic E-state index is 13.1. The van der Waals surface area contributed by atoms with Crippen molar-refractivity contribution in [2.45, 2.75) is 18.5 Å². The van der Waals surface area contributed by atoms with E-state index in [-0.39, 0.29) is 21.3 Å². The Hall–Kier alpha value is -3.01. The van der Waals surface area contributed by atoms with Crippen molar-refractivity contribution in [2.24, 2.45) is 0 Å². The van der Waals surface area contributed by atoms with Crippen molar-refractivity contribution < 1.29 is 13.2 Å². The second-order valence-electron chi connectivity index (χ2n) is 6.76. The van der Waals surface area contributed by atoms with E-state index in [1.54, 1.807) is 6.07 Å². The molecule has 2 aromatic heterocycles. The van der Waals surface area contributed by atoms with Gasteiger partial charge in [-0.3, -0.25) is 9.52 Å². The molecular formula is C21H17ClN4O3S2. The van der Waals surface area contributed by atoms with Crippen molar-refractivity contribution in [1.82, 2.24) is 14.7 Å². The van der Waals surface area contributed by atoms with Gasteiger partial charge < -0.3 is 5.32 Å². The van der Waals surface area contributed by atoms with Gasteiger partial charge in [0.2, 0.25) is 0 Å². The number of benzene rings is 2. The average molecular weight is 473 g/mol. The quantitative estimate of drug-likeness (QED) is 0.433. The molecule has 158 valence electrons. The van der Waals surface area contributed by atoms with Gasteiger partial charge in [0.05, 0.1) is 27.5 Å². The molecule has 4 rings (SSSR count). The molecule has 0 spiro atoms. The van der Waals surface area contributed by atoms with Crippen LogP contribution in [0.4, 0.5) is 5.69 Å². The fourth-order valence-electron chi connectivity index (χ4n) is 3.06. The van der Waals surface area contributed by atoms with Crippen LogP contribution in [0.1, 0.15) is 21.5 Å². The molecule has 0 atom stereocenters. The summed E-state index contributed by atoms with van der Waals surface area (Å²) in [5.74, 6) is -0.430. The number of anilines is 1. The highest BCUT2D eigenvalue weighted by Gasteiger charge is 2.23. The minimum absolute atomic E-state index is 0.0665. The Morgan fingerprint density at radius 3 is 2.77 bits per heavy atom. The van der Waals surface area contributed by atoms with Crippen molar-refractivity contribution in [1.29, 1.82) is 0 Å². The molecule has 1 amide bonds. The average Bonchev–Trinajstić information content (AvgIpc) is 3.21. The molecule has 0 saturated carbocycles. The van der Waals surface area contributed by atoms with Gasteiger partial charge in [-0.05, 0) is 53.8 Å². The van der Waals surface area contributed by atoms with Gasteiger partial charge >= 0.3 is 0 Å². The van der Waals surface area contributed by atoms with Gasteiger partial charge in [0, 0.05) is 17.8 Å². The van der Waals surface area contributed by atoms with Crippen LogP contribution in [0.5, 0.6) is 0 Å². The van der Waals surface area contributed by atoms with Crippen LogP contribution in [-0.4, -0.2) is 23.7 Å². The van der Waals surface area contributed by atoms with E-state index in [2.05, 4.69) is 19.4 Å². The van der Waals surface area contributed by atoms with Gasteiger partial charge in [-0.15, -0.1) is 0 Å². The first-order valence-electron chi connectivity index (χ1n) is 9.19. The fraction of sp³-hybridized carbons (Fsp3) is 0.0952. The van der Waals surface area contributed by atoms with Crippen LogP contribution < -0.4 is 10.0 Å². The van der Waals surface area contributed by atoms with Gasteiger partial charge in [0.15, 0.2) is 5.03 Å². The van der Waals surface area contributed by atoms with Crippen molar-refractivity contribution in [3.8, 4) is 0 Å². The lowest BCUT2D eigenvalue weighted by molar-refractivity contribution is 0.0952. The lowest BCUT2D eigenvalue weighted by Crippen LogP contribution is -2.25. The highest BCUT2D eigenvalue weighted by atomic mass is 35.5. The maximum absolute atomic E-state index is 13.1. The van der Waals surface area contributed by atoms with Crippen LogP contribution in [0.2, 0.25) is 5.02 Å². The van der Waals surface area contributed by atoms with Gasteiger partial charge in [0.25, 0.3) is 15.9 Å². The summed E-state index contributed by atoms with van der Waals surface area (Å²) < 4.78 is 33.3. The minimum atomic E-state index is -4.09. The van der Waals surface area contributed by atoms with Gasteiger partial charge in [-0.2, -0.15) is 12.8 Å². The van der Waals surface area contributed by atoms with Crippen LogP contribution in [0, 0.1) is 6.92 Å². The molecule has 2 aromatic carbocycles. The van der Waals surface area contributed by atoms with E-state index in [1.165, 1.54) is 42.1 Å². The Bertz CT molecular complexity index is 1390. The number of aromatic nitrogens is 2. The van der Waals surface area contributed by atoms with Gasteiger partial charge in [0.1, 0.15) is 0 Å². The number of halogens is 1. The second-order valence-corrected chi connectivity index (χ2v) is 9.63. The third-order valence-electron chi connectivity index (χ3n) is 4.67. The molecule has 31 heavy (non-hydrogen) atoms. The lowest BCUT2D eigenvalue weighted by Gasteiger charge is -2.14. The number of nitrogens with one attached hydrogen (secondary N) is 2. The third-order valence-corrected chi connectivity index (χ3v) is 6.99. The largest absolute Gasteiger partial charge is 0.348 e. The number of aryl methyl sites for hydroxylation is 1. The predicted molar refractivity (Wildman–Crippen MR) is 122 cm³/mol. The molecule has 0 radical (unpaired) electrons. The number of fused-ring (bicyclic) bond motifs is 1. The first-order chi connectivity index (χ1) is 14.8. The number of sulfonamides is 1. The van der Waals surface area contributed by atoms with Crippen LogP contribution in [0.25, 0.3) is 10.1 Å². The summed E-state index contributed by atoms with van der Waals surface area (Å²) in [6, 6.07) is 13.8. The molecule has 0 aliphatic rings.